The molecular weight excluding hydrogens is 1680 g/mol. The molecule has 3 amide bonds. The van der Waals surface area contributed by atoms with Crippen molar-refractivity contribution in [3.8, 4) is 0 Å². The molecule has 12 rings (SSSR count). The van der Waals surface area contributed by atoms with E-state index in [1.807, 2.05) is 63.5 Å². The number of piperazine rings is 1. The second-order valence-corrected chi connectivity index (χ2v) is 35.2. The molecule has 3 saturated heterocycles. The summed E-state index contributed by atoms with van der Waals surface area (Å²) in [4.78, 5) is 104. The van der Waals surface area contributed by atoms with Crippen LogP contribution in [0.5, 0.6) is 0 Å². The maximum atomic E-state index is 12.4. The topological polar surface area (TPSA) is 554 Å². The maximum Gasteiger partial charge on any atom is 0.320 e. The van der Waals surface area contributed by atoms with Crippen LogP contribution in [0.3, 0.4) is 0 Å². The Hall–Kier alpha value is -10.3. The van der Waals surface area contributed by atoms with Gasteiger partial charge in [-0.1, -0.05) is 73.4 Å². The fourth-order valence-corrected chi connectivity index (χ4v) is 17.0. The lowest BCUT2D eigenvalue weighted by Crippen LogP contribution is -2.49. The molecule has 3 saturated carbocycles. The van der Waals surface area contributed by atoms with Gasteiger partial charge < -0.3 is 116 Å². The van der Waals surface area contributed by atoms with Crippen molar-refractivity contribution in [2.75, 3.05) is 175 Å². The number of nitrogens with one attached hydrogen (secondary N) is 13. The summed E-state index contributed by atoms with van der Waals surface area (Å²) < 4.78 is 5.63. The van der Waals surface area contributed by atoms with Gasteiger partial charge in [0.2, 0.25) is 35.6 Å². The van der Waals surface area contributed by atoms with Crippen molar-refractivity contribution in [2.45, 2.75) is 276 Å². The highest BCUT2D eigenvalue weighted by Crippen LogP contribution is 2.25. The third-order valence-corrected chi connectivity index (χ3v) is 24.3. The van der Waals surface area contributed by atoms with Gasteiger partial charge in [0.1, 0.15) is 46.4 Å². The van der Waals surface area contributed by atoms with Gasteiger partial charge >= 0.3 is 17.9 Å². The van der Waals surface area contributed by atoms with Crippen LogP contribution in [0, 0.1) is 13.8 Å². The van der Waals surface area contributed by atoms with Gasteiger partial charge in [0.25, 0.3) is 0 Å². The Kier molecular flexibility index (Phi) is 46.0. The molecule has 726 valence electrons. The van der Waals surface area contributed by atoms with Crippen molar-refractivity contribution < 1.29 is 44.1 Å². The zero-order valence-electron chi connectivity index (χ0n) is 77.5. The number of likely N-dealkylation sites (tertiary alicyclic amines) is 2. The first kappa shape index (κ1) is 103. The lowest BCUT2D eigenvalue weighted by molar-refractivity contribution is -0.139. The third-order valence-electron chi connectivity index (χ3n) is 24.3. The molecule has 43 nitrogen and oxygen atoms in total. The molecule has 0 bridgehead atoms. The lowest BCUT2D eigenvalue weighted by atomic mass is 9.95. The Morgan fingerprint density at radius 3 is 1.13 bits per heavy atom. The molecule has 6 aromatic rings. The van der Waals surface area contributed by atoms with Gasteiger partial charge in [-0.2, -0.15) is 19.9 Å². The number of carbonyl (C=O) groups excluding carboxylic acids is 3. The van der Waals surface area contributed by atoms with Gasteiger partial charge in [-0.15, -0.1) is 15.3 Å². The number of anilines is 7. The average molecular weight is 1830 g/mol. The van der Waals surface area contributed by atoms with E-state index in [1.54, 1.807) is 15.9 Å². The first-order chi connectivity index (χ1) is 63.7. The SMILES string of the molecule is Cc1cc(NC2CCN(C(=O)CCNCC(=O)O)CC2)nc(NCc2cn(CCCNCCCNC3CCCCC3)nn2)n1.Cc1cc(NC2CCN(C(=O)CC[C@H](N)C(=O)O)CC2)nc(NCc2cn(CCCNCCCNC3CCCCC3)nn2)n1.Nc1cc(N2CCN(C(=O)CCNCC(=O)O)CC2)nc(NCc2cn(CCCNCCCNC3CCCCC3)nn2)n1. The van der Waals surface area contributed by atoms with E-state index in [0.29, 0.717) is 121 Å². The molecule has 0 radical (unpaired) electrons. The number of carboxylic acid groups (broad SMARTS) is 3. The van der Waals surface area contributed by atoms with Crippen LogP contribution < -0.4 is 85.5 Å². The van der Waals surface area contributed by atoms with E-state index in [1.165, 1.54) is 96.3 Å². The van der Waals surface area contributed by atoms with E-state index in [-0.39, 0.29) is 62.2 Å². The third kappa shape index (κ3) is 40.8. The number of rotatable bonds is 55. The Morgan fingerprint density at radius 1 is 0.397 bits per heavy atom. The molecule has 1 atom stereocenters. The number of aliphatic carboxylic acids is 3. The number of nitrogens with two attached hydrogens (primary N) is 2. The quantitative estimate of drug-likeness (QED) is 0.0241. The molecule has 9 heterocycles. The van der Waals surface area contributed by atoms with Gasteiger partial charge in [0.15, 0.2) is 0 Å². The number of amides is 3. The van der Waals surface area contributed by atoms with Crippen molar-refractivity contribution in [3.05, 3.63) is 65.3 Å². The zero-order valence-corrected chi connectivity index (χ0v) is 77.5. The molecule has 131 heavy (non-hydrogen) atoms. The second kappa shape index (κ2) is 58.6. The first-order valence-corrected chi connectivity index (χ1v) is 48.3. The van der Waals surface area contributed by atoms with Crippen LogP contribution in [0.2, 0.25) is 0 Å². The zero-order chi connectivity index (χ0) is 92.4. The second-order valence-electron chi connectivity index (χ2n) is 35.2. The smallest absolute Gasteiger partial charge is 0.320 e. The molecule has 6 fully saturated rings. The van der Waals surface area contributed by atoms with Gasteiger partial charge in [-0.05, 0) is 182 Å². The summed E-state index contributed by atoms with van der Waals surface area (Å²) in [6.45, 7) is 22.2. The number of hydrogen-bond donors (Lipinski definition) is 18. The Balaban J connectivity index is 0.000000204. The van der Waals surface area contributed by atoms with Crippen molar-refractivity contribution in [1.82, 2.24) is 132 Å². The van der Waals surface area contributed by atoms with Crippen LogP contribution in [0.25, 0.3) is 0 Å². The summed E-state index contributed by atoms with van der Waals surface area (Å²) in [7, 11) is 0. The predicted molar refractivity (Wildman–Crippen MR) is 503 cm³/mol. The Bertz CT molecular complexity index is 4290. The van der Waals surface area contributed by atoms with E-state index in [4.69, 9.17) is 26.8 Å². The van der Waals surface area contributed by atoms with Crippen molar-refractivity contribution >= 4 is 76.7 Å². The van der Waals surface area contributed by atoms with Gasteiger partial charge in [0.05, 0.1) is 51.3 Å². The Labute approximate surface area is 770 Å². The minimum atomic E-state index is -1.08. The van der Waals surface area contributed by atoms with E-state index in [2.05, 4.69) is 135 Å². The molecule has 0 aromatic carbocycles. The summed E-state index contributed by atoms with van der Waals surface area (Å²) in [6, 6.07) is 7.14. The molecule has 20 N–H and O–H groups in total. The van der Waals surface area contributed by atoms with Crippen LogP contribution in [0.1, 0.15) is 215 Å². The van der Waals surface area contributed by atoms with E-state index in [9.17, 15) is 28.8 Å². The van der Waals surface area contributed by atoms with Crippen LogP contribution in [-0.4, -0.2) is 314 Å². The minimum absolute atomic E-state index is 0.00371. The number of nitrogens with zero attached hydrogens (tertiary/aromatic N) is 19. The number of aryl methyl sites for hydroxylation is 5. The molecule has 6 aromatic heterocycles. The van der Waals surface area contributed by atoms with Crippen LogP contribution in [-0.2, 0) is 68.0 Å². The summed E-state index contributed by atoms with van der Waals surface area (Å²) >= 11 is 0. The number of aromatic nitrogens is 15. The number of hydrogen-bond acceptors (Lipinski definition) is 34. The number of carboxylic acids is 3. The highest BCUT2D eigenvalue weighted by atomic mass is 16.4. The van der Waals surface area contributed by atoms with Crippen molar-refractivity contribution in [1.29, 1.82) is 0 Å². The fourth-order valence-electron chi connectivity index (χ4n) is 17.0. The summed E-state index contributed by atoms with van der Waals surface area (Å²) in [5.74, 6) is 1.07. The van der Waals surface area contributed by atoms with Gasteiger partial charge in [-0.25, -0.2) is 9.97 Å². The lowest BCUT2D eigenvalue weighted by Gasteiger charge is -2.35. The molecule has 43 heteroatoms. The first-order valence-electron chi connectivity index (χ1n) is 48.3. The highest BCUT2D eigenvalue weighted by molar-refractivity contribution is 5.79. The molecule has 3 aliphatic carbocycles. The standard InChI is InChI=1S/2C30H51N11O3.C28H48N12O3/c1-23-19-27(36-25-10-17-40(18-11-25)28(42)9-15-32-21-29(43)44)37-30(35-23)34-20-26-22-41(39-38-26)16-6-13-31-12-5-14-33-24-7-3-2-4-8-24;1-22-19-27(36-24-11-17-40(18-12-24)28(42)10-9-26(31)29(43)44)37-30(35-22)34-20-25-21-41(39-38-25)16-6-14-32-13-5-15-33-23-7-3-2-4-8-23;29-24-18-25(38-14-16-39(17-15-38)26(41)8-12-31-20-27(42)43)35-28(34-24)33-19-23-21-40(37-36-23)13-5-10-30-9-4-11-32-22-6-2-1-3-7-22/h19,22,24-25,31-33H,2-18,20-21H2,1H3,(H,43,44)(H2,34,35,36,37);19,21,23-24,26,32-33H,2-18,20,31H2,1H3,(H,43,44)(H2,34,35,36,37);18,21-22,30-32H,1-17,19-20H2,(H,42,43)(H3,29,33,34,35)/t;26-;/m.0./s1. The van der Waals surface area contributed by atoms with Crippen molar-refractivity contribution in [2.24, 2.45) is 5.73 Å². The van der Waals surface area contributed by atoms with Crippen LogP contribution in [0.4, 0.5) is 41.1 Å². The van der Waals surface area contributed by atoms with E-state index >= 15 is 0 Å². The monoisotopic (exact) mass is 1830 g/mol. The summed E-state index contributed by atoms with van der Waals surface area (Å²) in [5, 5.41) is 95.8. The molecule has 3 aliphatic heterocycles. The van der Waals surface area contributed by atoms with Gasteiger partial charge in [-0.3, -0.25) is 42.8 Å². The van der Waals surface area contributed by atoms with E-state index in [0.717, 1.165) is 201 Å². The fraction of sp³-hybridized carbons (Fsp3) is 0.727. The molecule has 0 unspecified atom stereocenters. The van der Waals surface area contributed by atoms with Crippen LogP contribution >= 0.6 is 0 Å². The molecule has 6 aliphatic rings. The summed E-state index contributed by atoms with van der Waals surface area (Å²) in [5.41, 5.74) is 15.7. The molecule has 0 spiro atoms. The highest BCUT2D eigenvalue weighted by Gasteiger charge is 2.28. The minimum Gasteiger partial charge on any atom is -0.480 e. The summed E-state index contributed by atoms with van der Waals surface area (Å²) in [6.07, 6.45) is 36.8. The number of nitrogen functional groups attached to an aromatic ring is 1. The maximum absolute atomic E-state index is 12.4. The van der Waals surface area contributed by atoms with Gasteiger partial charge in [0, 0.05) is 164 Å². The normalized spacial score (nSPS) is 16.4. The number of carbonyl (C=O) groups is 6. The molecular formula is C88H150N34O9. The number of piperidine rings is 2. The van der Waals surface area contributed by atoms with Crippen LogP contribution in [0.15, 0.2) is 36.8 Å². The largest absolute Gasteiger partial charge is 0.480 e. The predicted octanol–water partition coefficient (Wildman–Crippen LogP) is 3.89. The van der Waals surface area contributed by atoms with E-state index < -0.39 is 23.9 Å². The van der Waals surface area contributed by atoms with Crippen molar-refractivity contribution in [3.63, 3.8) is 0 Å². The average Bonchev–Trinajstić information content (AvgIpc) is 1.81. The Morgan fingerprint density at radius 2 is 0.756 bits per heavy atom.